The van der Waals surface area contributed by atoms with Gasteiger partial charge in [-0.15, -0.1) is 0 Å². The van der Waals surface area contributed by atoms with Gasteiger partial charge in [0.1, 0.15) is 5.71 Å². The molecule has 0 spiro atoms. The summed E-state index contributed by atoms with van der Waals surface area (Å²) in [5, 5.41) is 11.9. The lowest BCUT2D eigenvalue weighted by Gasteiger charge is -2.23. The molecule has 70 valence electrons. The first kappa shape index (κ1) is 7.54. The Balaban J connectivity index is 2.01. The maximum Gasteiger partial charge on any atom is 0.184 e. The average Bonchev–Trinajstić information content (AvgIpc) is 2.71. The number of hydrogen-bond acceptors (Lipinski definition) is 3. The molecule has 3 nitrogen and oxygen atoms in total. The fraction of sp³-hybridized carbons (Fsp3) is 0.800. The van der Waals surface area contributed by atoms with Gasteiger partial charge in [-0.25, -0.2) is 0 Å². The average molecular weight is 179 g/mol. The summed E-state index contributed by atoms with van der Waals surface area (Å²) >= 11 is 0. The van der Waals surface area contributed by atoms with Crippen molar-refractivity contribution in [2.24, 2.45) is 28.8 Å². The van der Waals surface area contributed by atoms with E-state index in [2.05, 4.69) is 5.16 Å². The molecule has 4 unspecified atom stereocenters. The van der Waals surface area contributed by atoms with E-state index in [9.17, 15) is 4.79 Å². The molecule has 0 aromatic carbocycles. The molecule has 0 aromatic rings. The standard InChI is InChI=1S/C10H13NO2/c12-10-8-4-7(9(10)11-13)5-2-1-3-6(5)8/h5-8,13H,1-4H2. The van der Waals surface area contributed by atoms with Crippen molar-refractivity contribution in [3.8, 4) is 0 Å². The van der Waals surface area contributed by atoms with E-state index in [1.807, 2.05) is 0 Å². The zero-order valence-corrected chi connectivity index (χ0v) is 7.44. The predicted molar refractivity (Wildman–Crippen MR) is 46.7 cm³/mol. The topological polar surface area (TPSA) is 49.7 Å². The molecule has 3 saturated carbocycles. The molecule has 1 N–H and O–H groups in total. The maximum absolute atomic E-state index is 11.6. The molecule has 3 heteroatoms. The first-order valence-electron chi connectivity index (χ1n) is 5.09. The number of rotatable bonds is 0. The summed E-state index contributed by atoms with van der Waals surface area (Å²) in [6, 6.07) is 0. The van der Waals surface area contributed by atoms with Crippen molar-refractivity contribution in [2.75, 3.05) is 0 Å². The van der Waals surface area contributed by atoms with Crippen LogP contribution in [0.15, 0.2) is 5.16 Å². The minimum absolute atomic E-state index is 0.135. The van der Waals surface area contributed by atoms with Crippen LogP contribution in [-0.4, -0.2) is 16.7 Å². The predicted octanol–water partition coefficient (Wildman–Crippen LogP) is 1.45. The Hall–Kier alpha value is -0.860. The zero-order valence-electron chi connectivity index (χ0n) is 7.44. The Kier molecular flexibility index (Phi) is 1.35. The molecule has 0 amide bonds. The molecule has 3 aliphatic carbocycles. The minimum Gasteiger partial charge on any atom is -0.411 e. The molecule has 0 radical (unpaired) electrons. The van der Waals surface area contributed by atoms with Gasteiger partial charge in [0, 0.05) is 11.8 Å². The second-order valence-corrected chi connectivity index (χ2v) is 4.56. The first-order chi connectivity index (χ1) is 6.33. The molecule has 3 aliphatic rings. The van der Waals surface area contributed by atoms with Gasteiger partial charge in [-0.05, 0) is 31.1 Å². The van der Waals surface area contributed by atoms with Gasteiger partial charge in [0.15, 0.2) is 5.78 Å². The van der Waals surface area contributed by atoms with Gasteiger partial charge in [-0.3, -0.25) is 4.79 Å². The Morgan fingerprint density at radius 1 is 1.23 bits per heavy atom. The second-order valence-electron chi connectivity index (χ2n) is 4.56. The molecule has 0 heterocycles. The highest BCUT2D eigenvalue weighted by Crippen LogP contribution is 2.56. The van der Waals surface area contributed by atoms with E-state index in [0.29, 0.717) is 23.5 Å². The molecule has 3 rings (SSSR count). The summed E-state index contributed by atoms with van der Waals surface area (Å²) in [7, 11) is 0. The van der Waals surface area contributed by atoms with E-state index in [0.717, 1.165) is 6.42 Å². The molecular weight excluding hydrogens is 166 g/mol. The fourth-order valence-electron chi connectivity index (χ4n) is 3.75. The van der Waals surface area contributed by atoms with Crippen LogP contribution in [0.2, 0.25) is 0 Å². The van der Waals surface area contributed by atoms with Gasteiger partial charge >= 0.3 is 0 Å². The van der Waals surface area contributed by atoms with Crippen LogP contribution in [0.4, 0.5) is 0 Å². The fourth-order valence-corrected chi connectivity index (χ4v) is 3.75. The van der Waals surface area contributed by atoms with Crippen molar-refractivity contribution in [3.05, 3.63) is 0 Å². The number of oxime groups is 1. The summed E-state index contributed by atoms with van der Waals surface area (Å²) in [6.45, 7) is 0. The lowest BCUT2D eigenvalue weighted by Crippen LogP contribution is -2.32. The summed E-state index contributed by atoms with van der Waals surface area (Å²) in [5.41, 5.74) is 0.480. The highest BCUT2D eigenvalue weighted by Gasteiger charge is 2.57. The highest BCUT2D eigenvalue weighted by atomic mass is 16.4. The molecule has 3 fully saturated rings. The molecule has 4 atom stereocenters. The Labute approximate surface area is 76.8 Å². The van der Waals surface area contributed by atoms with Crippen LogP contribution in [0.3, 0.4) is 0 Å². The molecular formula is C10H13NO2. The van der Waals surface area contributed by atoms with Crippen molar-refractivity contribution >= 4 is 11.5 Å². The van der Waals surface area contributed by atoms with Gasteiger partial charge in [0.05, 0.1) is 0 Å². The van der Waals surface area contributed by atoms with Crippen molar-refractivity contribution in [2.45, 2.75) is 25.7 Å². The number of hydrogen-bond donors (Lipinski definition) is 1. The lowest BCUT2D eigenvalue weighted by atomic mass is 9.80. The summed E-state index contributed by atoms with van der Waals surface area (Å²) in [4.78, 5) is 11.6. The van der Waals surface area contributed by atoms with E-state index in [-0.39, 0.29) is 11.7 Å². The van der Waals surface area contributed by atoms with Crippen LogP contribution in [0.1, 0.15) is 25.7 Å². The van der Waals surface area contributed by atoms with Gasteiger partial charge in [-0.2, -0.15) is 0 Å². The van der Waals surface area contributed by atoms with Crippen LogP contribution < -0.4 is 0 Å². The van der Waals surface area contributed by atoms with Crippen molar-refractivity contribution in [1.29, 1.82) is 0 Å². The summed E-state index contributed by atoms with van der Waals surface area (Å²) < 4.78 is 0. The third kappa shape index (κ3) is 0.754. The van der Waals surface area contributed by atoms with Gasteiger partial charge < -0.3 is 5.21 Å². The van der Waals surface area contributed by atoms with E-state index < -0.39 is 0 Å². The van der Waals surface area contributed by atoms with Gasteiger partial charge in [0.2, 0.25) is 0 Å². The largest absolute Gasteiger partial charge is 0.411 e. The number of ketones is 1. The number of fused-ring (bicyclic) bond motifs is 5. The van der Waals surface area contributed by atoms with Crippen LogP contribution in [0.25, 0.3) is 0 Å². The number of Topliss-reactive ketones (excluding diaryl/α,β-unsaturated/α-hetero) is 1. The smallest absolute Gasteiger partial charge is 0.184 e. The normalized spacial score (nSPS) is 50.5. The number of carbonyl (C=O) groups is 1. The third-order valence-corrected chi connectivity index (χ3v) is 4.21. The van der Waals surface area contributed by atoms with Gasteiger partial charge in [-0.1, -0.05) is 11.6 Å². The van der Waals surface area contributed by atoms with E-state index >= 15 is 0 Å². The Morgan fingerprint density at radius 3 is 2.62 bits per heavy atom. The zero-order chi connectivity index (χ0) is 9.00. The molecule has 2 bridgehead atoms. The SMILES string of the molecule is O=C1C(=NO)C2CC1C1CCCC21. The van der Waals surface area contributed by atoms with Gasteiger partial charge in [0.25, 0.3) is 0 Å². The third-order valence-electron chi connectivity index (χ3n) is 4.21. The number of carbonyl (C=O) groups excluding carboxylic acids is 1. The van der Waals surface area contributed by atoms with E-state index in [4.69, 9.17) is 5.21 Å². The highest BCUT2D eigenvalue weighted by molar-refractivity contribution is 6.43. The summed E-state index contributed by atoms with van der Waals surface area (Å²) in [6.07, 6.45) is 4.68. The van der Waals surface area contributed by atoms with E-state index in [1.54, 1.807) is 0 Å². The van der Waals surface area contributed by atoms with Crippen LogP contribution >= 0.6 is 0 Å². The van der Waals surface area contributed by atoms with Crippen molar-refractivity contribution in [1.82, 2.24) is 0 Å². The Morgan fingerprint density at radius 2 is 1.92 bits per heavy atom. The molecule has 0 saturated heterocycles. The quantitative estimate of drug-likeness (QED) is 0.452. The van der Waals surface area contributed by atoms with Crippen molar-refractivity contribution in [3.63, 3.8) is 0 Å². The van der Waals surface area contributed by atoms with Crippen LogP contribution in [0.5, 0.6) is 0 Å². The first-order valence-corrected chi connectivity index (χ1v) is 5.09. The van der Waals surface area contributed by atoms with Crippen LogP contribution in [0, 0.1) is 23.7 Å². The van der Waals surface area contributed by atoms with Crippen molar-refractivity contribution < 1.29 is 10.0 Å². The molecule has 0 aromatic heterocycles. The Bertz CT molecular complexity index is 297. The van der Waals surface area contributed by atoms with E-state index in [1.165, 1.54) is 19.3 Å². The maximum atomic E-state index is 11.6. The summed E-state index contributed by atoms with van der Waals surface area (Å²) in [5.74, 6) is 1.94. The van der Waals surface area contributed by atoms with Crippen LogP contribution in [-0.2, 0) is 4.79 Å². The second kappa shape index (κ2) is 2.34. The minimum atomic E-state index is 0.135. The lowest BCUT2D eigenvalue weighted by molar-refractivity contribution is -0.117. The molecule has 0 aliphatic heterocycles. The monoisotopic (exact) mass is 179 g/mol. The number of nitrogens with zero attached hydrogens (tertiary/aromatic N) is 1. The molecule has 13 heavy (non-hydrogen) atoms.